The van der Waals surface area contributed by atoms with Crippen molar-refractivity contribution in [3.63, 3.8) is 0 Å². The Morgan fingerprint density at radius 3 is 2.69 bits per heavy atom. The number of hydrogen-bond acceptors (Lipinski definition) is 3. The average molecular weight is 222 g/mol. The fourth-order valence-electron chi connectivity index (χ4n) is 1.58. The summed E-state index contributed by atoms with van der Waals surface area (Å²) in [5, 5.41) is 3.45. The van der Waals surface area contributed by atoms with Crippen LogP contribution in [0.25, 0.3) is 0 Å². The molecular formula is C13H22N2O. The SMILES string of the molecule is COCCCCCNCCc1ccncc1. The number of pyridine rings is 1. The number of ether oxygens (including phenoxy) is 1. The van der Waals surface area contributed by atoms with Crippen LogP contribution in [-0.2, 0) is 11.2 Å². The Morgan fingerprint density at radius 1 is 1.12 bits per heavy atom. The van der Waals surface area contributed by atoms with Gasteiger partial charge in [-0.05, 0) is 56.5 Å². The minimum absolute atomic E-state index is 0.886. The van der Waals surface area contributed by atoms with Gasteiger partial charge in [-0.1, -0.05) is 0 Å². The molecule has 0 aliphatic rings. The van der Waals surface area contributed by atoms with Crippen LogP contribution in [0, 0.1) is 0 Å². The van der Waals surface area contributed by atoms with E-state index < -0.39 is 0 Å². The molecule has 0 atom stereocenters. The Kier molecular flexibility index (Phi) is 7.64. The van der Waals surface area contributed by atoms with Crippen LogP contribution >= 0.6 is 0 Å². The van der Waals surface area contributed by atoms with E-state index in [9.17, 15) is 0 Å². The number of methoxy groups -OCH3 is 1. The van der Waals surface area contributed by atoms with Crippen LogP contribution in [0.4, 0.5) is 0 Å². The van der Waals surface area contributed by atoms with Crippen LogP contribution in [0.15, 0.2) is 24.5 Å². The van der Waals surface area contributed by atoms with Gasteiger partial charge in [0.05, 0.1) is 0 Å². The Balaban J connectivity index is 1.89. The molecule has 1 aromatic heterocycles. The molecule has 0 saturated carbocycles. The summed E-state index contributed by atoms with van der Waals surface area (Å²) in [6.45, 7) is 3.04. The summed E-state index contributed by atoms with van der Waals surface area (Å²) < 4.78 is 5.00. The summed E-state index contributed by atoms with van der Waals surface area (Å²) in [6.07, 6.45) is 8.43. The third-order valence-corrected chi connectivity index (χ3v) is 2.54. The molecule has 3 nitrogen and oxygen atoms in total. The minimum Gasteiger partial charge on any atom is -0.385 e. The predicted octanol–water partition coefficient (Wildman–Crippen LogP) is 2.03. The van der Waals surface area contributed by atoms with Gasteiger partial charge in [0.25, 0.3) is 0 Å². The van der Waals surface area contributed by atoms with E-state index >= 15 is 0 Å². The first kappa shape index (κ1) is 13.1. The van der Waals surface area contributed by atoms with Gasteiger partial charge in [0.15, 0.2) is 0 Å². The third-order valence-electron chi connectivity index (χ3n) is 2.54. The van der Waals surface area contributed by atoms with Crippen molar-refractivity contribution in [2.24, 2.45) is 0 Å². The summed E-state index contributed by atoms with van der Waals surface area (Å²) in [5.41, 5.74) is 1.35. The number of rotatable bonds is 9. The van der Waals surface area contributed by atoms with Crippen LogP contribution < -0.4 is 5.32 Å². The molecule has 0 bridgehead atoms. The lowest BCUT2D eigenvalue weighted by atomic mass is 10.2. The van der Waals surface area contributed by atoms with E-state index in [-0.39, 0.29) is 0 Å². The molecule has 1 heterocycles. The smallest absolute Gasteiger partial charge is 0.0462 e. The highest BCUT2D eigenvalue weighted by Crippen LogP contribution is 1.97. The zero-order valence-electron chi connectivity index (χ0n) is 10.1. The Morgan fingerprint density at radius 2 is 1.94 bits per heavy atom. The molecule has 1 N–H and O–H groups in total. The second kappa shape index (κ2) is 9.31. The first-order valence-corrected chi connectivity index (χ1v) is 6.02. The maximum atomic E-state index is 5.00. The fourth-order valence-corrected chi connectivity index (χ4v) is 1.58. The lowest BCUT2D eigenvalue weighted by Crippen LogP contribution is -2.18. The van der Waals surface area contributed by atoms with Gasteiger partial charge >= 0.3 is 0 Å². The molecule has 1 aromatic rings. The van der Waals surface area contributed by atoms with E-state index in [4.69, 9.17) is 4.74 Å². The molecule has 0 spiro atoms. The van der Waals surface area contributed by atoms with Gasteiger partial charge in [-0.15, -0.1) is 0 Å². The summed E-state index contributed by atoms with van der Waals surface area (Å²) in [5.74, 6) is 0. The van der Waals surface area contributed by atoms with Gasteiger partial charge in [-0.2, -0.15) is 0 Å². The standard InChI is InChI=1S/C13H22N2O/c1-16-12-4-2-3-8-14-9-5-13-6-10-15-11-7-13/h6-7,10-11,14H,2-5,8-9,12H2,1H3. The van der Waals surface area contributed by atoms with E-state index in [1.54, 1.807) is 7.11 Å². The van der Waals surface area contributed by atoms with Crippen molar-refractivity contribution < 1.29 is 4.74 Å². The van der Waals surface area contributed by atoms with E-state index in [0.717, 1.165) is 26.1 Å². The summed E-state index contributed by atoms with van der Waals surface area (Å²) in [7, 11) is 1.76. The normalized spacial score (nSPS) is 10.6. The van der Waals surface area contributed by atoms with Gasteiger partial charge in [0, 0.05) is 26.1 Å². The lowest BCUT2D eigenvalue weighted by Gasteiger charge is -2.04. The Labute approximate surface area is 98.2 Å². The maximum Gasteiger partial charge on any atom is 0.0462 e. The monoisotopic (exact) mass is 222 g/mol. The third kappa shape index (κ3) is 6.53. The van der Waals surface area contributed by atoms with Crippen molar-refractivity contribution in [1.82, 2.24) is 10.3 Å². The van der Waals surface area contributed by atoms with E-state index in [2.05, 4.69) is 22.4 Å². The van der Waals surface area contributed by atoms with Crippen molar-refractivity contribution in [1.29, 1.82) is 0 Å². The molecule has 3 heteroatoms. The highest BCUT2D eigenvalue weighted by atomic mass is 16.5. The molecule has 90 valence electrons. The van der Waals surface area contributed by atoms with Crippen molar-refractivity contribution in [3.8, 4) is 0 Å². The van der Waals surface area contributed by atoms with Gasteiger partial charge in [0.2, 0.25) is 0 Å². The van der Waals surface area contributed by atoms with Gasteiger partial charge in [-0.3, -0.25) is 4.98 Å². The van der Waals surface area contributed by atoms with Crippen LogP contribution in [0.1, 0.15) is 24.8 Å². The molecule has 0 radical (unpaired) electrons. The first-order valence-electron chi connectivity index (χ1n) is 6.02. The highest BCUT2D eigenvalue weighted by Gasteiger charge is 1.92. The zero-order valence-corrected chi connectivity index (χ0v) is 10.1. The molecule has 16 heavy (non-hydrogen) atoms. The van der Waals surface area contributed by atoms with E-state index in [0.29, 0.717) is 0 Å². The van der Waals surface area contributed by atoms with Crippen LogP contribution in [-0.4, -0.2) is 31.8 Å². The minimum atomic E-state index is 0.886. The lowest BCUT2D eigenvalue weighted by molar-refractivity contribution is 0.192. The van der Waals surface area contributed by atoms with Crippen molar-refractivity contribution in [2.45, 2.75) is 25.7 Å². The number of hydrogen-bond donors (Lipinski definition) is 1. The molecule has 0 saturated heterocycles. The van der Waals surface area contributed by atoms with Crippen molar-refractivity contribution >= 4 is 0 Å². The van der Waals surface area contributed by atoms with Gasteiger partial charge in [-0.25, -0.2) is 0 Å². The molecule has 0 aliphatic heterocycles. The number of unbranched alkanes of at least 4 members (excludes halogenated alkanes) is 2. The number of nitrogens with zero attached hydrogens (tertiary/aromatic N) is 1. The predicted molar refractivity (Wildman–Crippen MR) is 66.5 cm³/mol. The molecule has 0 fully saturated rings. The van der Waals surface area contributed by atoms with Gasteiger partial charge in [0.1, 0.15) is 0 Å². The topological polar surface area (TPSA) is 34.1 Å². The number of aromatic nitrogens is 1. The molecular weight excluding hydrogens is 200 g/mol. The Hall–Kier alpha value is -0.930. The fraction of sp³-hybridized carbons (Fsp3) is 0.615. The van der Waals surface area contributed by atoms with Crippen LogP contribution in [0.3, 0.4) is 0 Å². The second-order valence-corrected chi connectivity index (χ2v) is 3.91. The van der Waals surface area contributed by atoms with E-state index in [1.165, 1.54) is 24.8 Å². The summed E-state index contributed by atoms with van der Waals surface area (Å²) >= 11 is 0. The zero-order chi connectivity index (χ0) is 11.5. The maximum absolute atomic E-state index is 5.00. The van der Waals surface area contributed by atoms with E-state index in [1.807, 2.05) is 12.4 Å². The Bertz CT molecular complexity index is 251. The van der Waals surface area contributed by atoms with Crippen molar-refractivity contribution in [3.05, 3.63) is 30.1 Å². The largest absolute Gasteiger partial charge is 0.385 e. The molecule has 0 amide bonds. The van der Waals surface area contributed by atoms with Gasteiger partial charge < -0.3 is 10.1 Å². The van der Waals surface area contributed by atoms with Crippen LogP contribution in [0.5, 0.6) is 0 Å². The first-order chi connectivity index (χ1) is 7.93. The number of nitrogens with one attached hydrogen (secondary N) is 1. The highest BCUT2D eigenvalue weighted by molar-refractivity contribution is 5.09. The summed E-state index contributed by atoms with van der Waals surface area (Å²) in [4.78, 5) is 4.00. The molecule has 0 aromatic carbocycles. The summed E-state index contributed by atoms with van der Waals surface area (Å²) in [6, 6.07) is 4.14. The van der Waals surface area contributed by atoms with Crippen LogP contribution in [0.2, 0.25) is 0 Å². The van der Waals surface area contributed by atoms with Crippen molar-refractivity contribution in [2.75, 3.05) is 26.8 Å². The molecule has 0 aliphatic carbocycles. The molecule has 1 rings (SSSR count). The molecule has 0 unspecified atom stereocenters. The quantitative estimate of drug-likeness (QED) is 0.649. The second-order valence-electron chi connectivity index (χ2n) is 3.91. The average Bonchev–Trinajstić information content (AvgIpc) is 2.34.